The van der Waals surface area contributed by atoms with Gasteiger partial charge >= 0.3 is 0 Å². The molecule has 0 bridgehead atoms. The van der Waals surface area contributed by atoms with E-state index in [1.165, 1.54) is 0 Å². The van der Waals surface area contributed by atoms with Crippen LogP contribution in [-0.2, 0) is 4.79 Å². The normalized spacial score (nSPS) is 20.9. The van der Waals surface area contributed by atoms with E-state index < -0.39 is 0 Å². The van der Waals surface area contributed by atoms with Crippen molar-refractivity contribution < 1.29 is 4.79 Å². The molecule has 0 aromatic heterocycles. The monoisotopic (exact) mass is 156 g/mol. The van der Waals surface area contributed by atoms with Gasteiger partial charge in [-0.1, -0.05) is 13.3 Å². The first kappa shape index (κ1) is 8.53. The second-order valence-electron chi connectivity index (χ2n) is 3.09. The summed E-state index contributed by atoms with van der Waals surface area (Å²) in [4.78, 5) is 13.1. The first-order chi connectivity index (χ1) is 5.25. The number of rotatable bonds is 3. The fraction of sp³-hybridized carbons (Fsp3) is 0.875. The highest BCUT2D eigenvalue weighted by atomic mass is 16.2. The van der Waals surface area contributed by atoms with Crippen molar-refractivity contribution in [3.63, 3.8) is 0 Å². The van der Waals surface area contributed by atoms with E-state index in [-0.39, 0.29) is 5.91 Å². The Hall–Kier alpha value is -0.570. The lowest BCUT2D eigenvalue weighted by molar-refractivity contribution is -0.128. The predicted octanol–water partition coefficient (Wildman–Crippen LogP) is 0.564. The molecule has 3 nitrogen and oxygen atoms in total. The molecule has 11 heavy (non-hydrogen) atoms. The van der Waals surface area contributed by atoms with Crippen LogP contribution < -0.4 is 5.32 Å². The van der Waals surface area contributed by atoms with Crippen molar-refractivity contribution in [3.8, 4) is 0 Å². The van der Waals surface area contributed by atoms with Crippen LogP contribution >= 0.6 is 0 Å². The van der Waals surface area contributed by atoms with Gasteiger partial charge in [-0.3, -0.25) is 10.1 Å². The molecule has 1 heterocycles. The van der Waals surface area contributed by atoms with Gasteiger partial charge in [0.25, 0.3) is 0 Å². The summed E-state index contributed by atoms with van der Waals surface area (Å²) in [5.74, 6) is 0.242. The molecule has 0 saturated carbocycles. The van der Waals surface area contributed by atoms with E-state index in [1.54, 1.807) is 0 Å². The fourth-order valence-corrected chi connectivity index (χ4v) is 1.45. The van der Waals surface area contributed by atoms with Crippen molar-refractivity contribution in [1.82, 2.24) is 10.2 Å². The van der Waals surface area contributed by atoms with Gasteiger partial charge in [0.05, 0.1) is 13.2 Å². The molecule has 1 unspecified atom stereocenters. The average molecular weight is 156 g/mol. The first-order valence-electron chi connectivity index (χ1n) is 4.26. The minimum Gasteiger partial charge on any atom is -0.326 e. The maximum atomic E-state index is 11.2. The molecule has 0 radical (unpaired) electrons. The number of carbonyl (C=O) groups is 1. The van der Waals surface area contributed by atoms with Crippen molar-refractivity contribution in [2.45, 2.75) is 32.7 Å². The van der Waals surface area contributed by atoms with Crippen LogP contribution in [0.15, 0.2) is 0 Å². The molecule has 0 aromatic rings. The molecule has 1 aliphatic rings. The van der Waals surface area contributed by atoms with Crippen LogP contribution in [0, 0.1) is 0 Å². The molecule has 1 atom stereocenters. The van der Waals surface area contributed by atoms with Crippen LogP contribution in [0.5, 0.6) is 0 Å². The molecule has 0 aliphatic carbocycles. The lowest BCUT2D eigenvalue weighted by atomic mass is 10.2. The molecule has 1 amide bonds. The van der Waals surface area contributed by atoms with Gasteiger partial charge in [-0.25, -0.2) is 0 Å². The van der Waals surface area contributed by atoms with E-state index in [9.17, 15) is 4.79 Å². The van der Waals surface area contributed by atoms with Crippen LogP contribution in [0.25, 0.3) is 0 Å². The number of carbonyl (C=O) groups excluding carboxylic acids is 1. The molecule has 64 valence electrons. The second-order valence-corrected chi connectivity index (χ2v) is 3.09. The SMILES string of the molecule is CCCC(C)N1CNCC1=O. The van der Waals surface area contributed by atoms with Gasteiger partial charge in [-0.2, -0.15) is 0 Å². The fourth-order valence-electron chi connectivity index (χ4n) is 1.45. The number of nitrogens with zero attached hydrogens (tertiary/aromatic N) is 1. The summed E-state index contributed by atoms with van der Waals surface area (Å²) in [5, 5.41) is 3.04. The Bertz CT molecular complexity index is 147. The van der Waals surface area contributed by atoms with Crippen LogP contribution in [0.2, 0.25) is 0 Å². The summed E-state index contributed by atoms with van der Waals surface area (Å²) >= 11 is 0. The first-order valence-corrected chi connectivity index (χ1v) is 4.26. The summed E-state index contributed by atoms with van der Waals surface area (Å²) in [6.07, 6.45) is 2.25. The molecule has 1 aliphatic heterocycles. The molecular formula is C8H16N2O. The van der Waals surface area contributed by atoms with Crippen LogP contribution in [0.4, 0.5) is 0 Å². The average Bonchev–Trinajstić information content (AvgIpc) is 2.36. The standard InChI is InChI=1S/C8H16N2O/c1-3-4-7(2)10-6-9-5-8(10)11/h7,9H,3-6H2,1-2H3. The number of nitrogens with one attached hydrogen (secondary N) is 1. The van der Waals surface area contributed by atoms with E-state index in [1.807, 2.05) is 4.90 Å². The summed E-state index contributed by atoms with van der Waals surface area (Å²) < 4.78 is 0. The lowest BCUT2D eigenvalue weighted by Gasteiger charge is -2.22. The molecular weight excluding hydrogens is 140 g/mol. The van der Waals surface area contributed by atoms with Crippen molar-refractivity contribution in [2.24, 2.45) is 0 Å². The predicted molar refractivity (Wildman–Crippen MR) is 44.1 cm³/mol. The Balaban J connectivity index is 2.39. The summed E-state index contributed by atoms with van der Waals surface area (Å²) in [6, 6.07) is 0.405. The molecule has 1 N–H and O–H groups in total. The molecule has 3 heteroatoms. The highest BCUT2D eigenvalue weighted by molar-refractivity contribution is 5.80. The van der Waals surface area contributed by atoms with Crippen molar-refractivity contribution in [3.05, 3.63) is 0 Å². The largest absolute Gasteiger partial charge is 0.326 e. The molecule has 1 saturated heterocycles. The Morgan fingerprint density at radius 1 is 1.73 bits per heavy atom. The summed E-state index contributed by atoms with van der Waals surface area (Å²) in [5.41, 5.74) is 0. The van der Waals surface area contributed by atoms with Crippen LogP contribution in [-0.4, -0.2) is 30.1 Å². The number of hydrogen-bond acceptors (Lipinski definition) is 2. The number of amides is 1. The van der Waals surface area contributed by atoms with E-state index in [0.717, 1.165) is 19.5 Å². The van der Waals surface area contributed by atoms with Crippen LogP contribution in [0.3, 0.4) is 0 Å². The maximum absolute atomic E-state index is 11.2. The Morgan fingerprint density at radius 3 is 2.91 bits per heavy atom. The lowest BCUT2D eigenvalue weighted by Crippen LogP contribution is -2.35. The summed E-state index contributed by atoms with van der Waals surface area (Å²) in [6.45, 7) is 5.51. The van der Waals surface area contributed by atoms with Gasteiger partial charge in [0, 0.05) is 6.04 Å². The van der Waals surface area contributed by atoms with Gasteiger partial charge in [0.1, 0.15) is 0 Å². The van der Waals surface area contributed by atoms with Gasteiger partial charge in [0.15, 0.2) is 0 Å². The molecule has 0 aromatic carbocycles. The quantitative estimate of drug-likeness (QED) is 0.647. The van der Waals surface area contributed by atoms with E-state index in [4.69, 9.17) is 0 Å². The van der Waals surface area contributed by atoms with E-state index in [0.29, 0.717) is 12.6 Å². The summed E-state index contributed by atoms with van der Waals surface area (Å²) in [7, 11) is 0. The van der Waals surface area contributed by atoms with Gasteiger partial charge in [-0.05, 0) is 13.3 Å². The number of hydrogen-bond donors (Lipinski definition) is 1. The zero-order chi connectivity index (χ0) is 8.27. The zero-order valence-corrected chi connectivity index (χ0v) is 7.26. The highest BCUT2D eigenvalue weighted by Crippen LogP contribution is 2.07. The van der Waals surface area contributed by atoms with Crippen molar-refractivity contribution in [2.75, 3.05) is 13.2 Å². The van der Waals surface area contributed by atoms with Crippen molar-refractivity contribution >= 4 is 5.91 Å². The maximum Gasteiger partial charge on any atom is 0.237 e. The van der Waals surface area contributed by atoms with Gasteiger partial charge < -0.3 is 4.90 Å². The molecule has 1 rings (SSSR count). The molecule has 1 fully saturated rings. The van der Waals surface area contributed by atoms with Gasteiger partial charge in [-0.15, -0.1) is 0 Å². The Morgan fingerprint density at radius 2 is 2.45 bits per heavy atom. The zero-order valence-electron chi connectivity index (χ0n) is 7.26. The van der Waals surface area contributed by atoms with E-state index in [2.05, 4.69) is 19.2 Å². The smallest absolute Gasteiger partial charge is 0.237 e. The highest BCUT2D eigenvalue weighted by Gasteiger charge is 2.23. The third-order valence-electron chi connectivity index (χ3n) is 2.12. The van der Waals surface area contributed by atoms with E-state index >= 15 is 0 Å². The van der Waals surface area contributed by atoms with Gasteiger partial charge in [0.2, 0.25) is 5.91 Å². The van der Waals surface area contributed by atoms with Crippen LogP contribution in [0.1, 0.15) is 26.7 Å². The second kappa shape index (κ2) is 3.72. The molecule has 0 spiro atoms. The minimum atomic E-state index is 0.242. The Labute approximate surface area is 67.8 Å². The Kier molecular flexibility index (Phi) is 2.88. The van der Waals surface area contributed by atoms with Crippen molar-refractivity contribution in [1.29, 1.82) is 0 Å². The third kappa shape index (κ3) is 1.93. The third-order valence-corrected chi connectivity index (χ3v) is 2.12. The topological polar surface area (TPSA) is 32.3 Å². The minimum absolute atomic E-state index is 0.242.